The van der Waals surface area contributed by atoms with Crippen molar-refractivity contribution in [2.45, 2.75) is 83.0 Å². The number of anilines is 1. The Morgan fingerprint density at radius 1 is 1.09 bits per heavy atom. The van der Waals surface area contributed by atoms with E-state index < -0.39 is 21.4 Å². The molecule has 12 heteroatoms. The highest BCUT2D eigenvalue weighted by Crippen LogP contribution is 2.35. The first-order valence-corrected chi connectivity index (χ1v) is 13.4. The Bertz CT molecular complexity index is 1050. The summed E-state index contributed by atoms with van der Waals surface area (Å²) < 4.78 is 49.1. The molecule has 0 saturated carbocycles. The largest absolute Gasteiger partial charge is 0.381 e. The smallest absolute Gasteiger partial charge is 0.240 e. The molecule has 1 N–H and O–H groups in total. The van der Waals surface area contributed by atoms with E-state index in [1.165, 1.54) is 0 Å². The summed E-state index contributed by atoms with van der Waals surface area (Å²) in [4.78, 5) is 8.65. The number of hydrogen-bond acceptors (Lipinski definition) is 9. The fourth-order valence-corrected chi connectivity index (χ4v) is 5.43. The second-order valence-electron chi connectivity index (χ2n) is 9.14. The van der Waals surface area contributed by atoms with Crippen molar-refractivity contribution >= 4 is 16.0 Å². The van der Waals surface area contributed by atoms with Gasteiger partial charge in [0.05, 0.1) is 23.7 Å². The Morgan fingerprint density at radius 3 is 2.47 bits per heavy atom. The summed E-state index contributed by atoms with van der Waals surface area (Å²) in [5.41, 5.74) is 1.20. The number of hydrogen-bond donors (Lipinski definition) is 1. The van der Waals surface area contributed by atoms with Gasteiger partial charge in [0.15, 0.2) is 5.82 Å². The van der Waals surface area contributed by atoms with Crippen LogP contribution in [-0.4, -0.2) is 64.3 Å². The normalized spacial score (nSPS) is 21.6. The zero-order valence-corrected chi connectivity index (χ0v) is 21.0. The van der Waals surface area contributed by atoms with Crippen LogP contribution >= 0.6 is 0 Å². The topological polar surface area (TPSA) is 130 Å². The van der Waals surface area contributed by atoms with Crippen LogP contribution in [0.2, 0.25) is 0 Å². The van der Waals surface area contributed by atoms with E-state index in [2.05, 4.69) is 24.9 Å². The Kier molecular flexibility index (Phi) is 7.80. The summed E-state index contributed by atoms with van der Waals surface area (Å²) in [5.74, 6) is 0.858. The molecule has 34 heavy (non-hydrogen) atoms. The van der Waals surface area contributed by atoms with E-state index >= 15 is 0 Å². The van der Waals surface area contributed by atoms with Gasteiger partial charge in [-0.2, -0.15) is 0 Å². The van der Waals surface area contributed by atoms with Gasteiger partial charge in [-0.1, -0.05) is 0 Å². The van der Waals surface area contributed by atoms with Crippen molar-refractivity contribution < 1.29 is 22.6 Å². The van der Waals surface area contributed by atoms with Crippen molar-refractivity contribution in [2.24, 2.45) is 0 Å². The quantitative estimate of drug-likeness (QED) is 0.559. The first-order valence-electron chi connectivity index (χ1n) is 11.9. The molecule has 0 bridgehead atoms. The molecule has 11 nitrogen and oxygen atoms in total. The highest BCUT2D eigenvalue weighted by atomic mass is 32.2. The van der Waals surface area contributed by atoms with Crippen LogP contribution in [-0.2, 0) is 24.2 Å². The van der Waals surface area contributed by atoms with Crippen LogP contribution in [0.15, 0.2) is 12.4 Å². The number of ether oxygens (including phenoxy) is 3. The summed E-state index contributed by atoms with van der Waals surface area (Å²) in [6.07, 6.45) is 5.25. The molecule has 0 aliphatic carbocycles. The van der Waals surface area contributed by atoms with Crippen molar-refractivity contribution in [1.82, 2.24) is 24.7 Å². The third-order valence-corrected chi connectivity index (χ3v) is 7.85. The molecular weight excluding hydrogens is 460 g/mol. The molecular formula is C22H34N6O5S. The lowest BCUT2D eigenvalue weighted by molar-refractivity contribution is 0.00394. The molecule has 188 valence electrons. The summed E-state index contributed by atoms with van der Waals surface area (Å²) in [7, 11) is -3.93. The van der Waals surface area contributed by atoms with Crippen LogP contribution in [0, 0.1) is 6.92 Å². The average Bonchev–Trinajstić information content (AvgIpc) is 3.48. The van der Waals surface area contributed by atoms with Crippen molar-refractivity contribution in [3.05, 3.63) is 29.6 Å². The van der Waals surface area contributed by atoms with Crippen molar-refractivity contribution in [1.29, 1.82) is 0 Å². The molecule has 0 amide bonds. The first kappa shape index (κ1) is 25.0. The van der Waals surface area contributed by atoms with Gasteiger partial charge < -0.3 is 14.2 Å². The van der Waals surface area contributed by atoms with Gasteiger partial charge in [0.2, 0.25) is 16.0 Å². The van der Waals surface area contributed by atoms with E-state index in [-0.39, 0.29) is 24.2 Å². The molecule has 2 aliphatic rings. The number of aromatic nitrogens is 5. The minimum Gasteiger partial charge on any atom is -0.381 e. The van der Waals surface area contributed by atoms with Crippen molar-refractivity contribution in [2.75, 3.05) is 24.5 Å². The standard InChI is InChI=1S/C22H34N6O5S/c1-14(2)33-20(18-13-23-15(3)12-24-18)16(4)34(29,30)27-22-26-25-21(19-6-5-9-32-19)28(22)17-7-10-31-11-8-17/h12-14,16-17,19-20H,5-11H2,1-4H3,(H,26,27)/t16?,19-,20?/m0/s1. The maximum Gasteiger partial charge on any atom is 0.240 e. The van der Waals surface area contributed by atoms with Gasteiger partial charge in [0, 0.05) is 32.1 Å². The third-order valence-electron chi connectivity index (χ3n) is 6.16. The third kappa shape index (κ3) is 5.56. The van der Waals surface area contributed by atoms with E-state index in [1.54, 1.807) is 19.3 Å². The lowest BCUT2D eigenvalue weighted by Crippen LogP contribution is -2.35. The molecule has 0 radical (unpaired) electrons. The summed E-state index contributed by atoms with van der Waals surface area (Å²) in [6, 6.07) is 0.0293. The Labute approximate surface area is 200 Å². The predicted octanol–water partition coefficient (Wildman–Crippen LogP) is 2.88. The minimum absolute atomic E-state index is 0.0293. The highest BCUT2D eigenvalue weighted by molar-refractivity contribution is 7.93. The summed E-state index contributed by atoms with van der Waals surface area (Å²) >= 11 is 0. The van der Waals surface area contributed by atoms with Crippen LogP contribution in [0.3, 0.4) is 0 Å². The van der Waals surface area contributed by atoms with Crippen molar-refractivity contribution in [3.63, 3.8) is 0 Å². The molecule has 2 aromatic heterocycles. The maximum absolute atomic E-state index is 13.6. The molecule has 3 atom stereocenters. The summed E-state index contributed by atoms with van der Waals surface area (Å²) in [5, 5.41) is 7.63. The number of nitrogens with one attached hydrogen (secondary N) is 1. The predicted molar refractivity (Wildman–Crippen MR) is 125 cm³/mol. The van der Waals surface area contributed by atoms with E-state index in [4.69, 9.17) is 14.2 Å². The molecule has 0 spiro atoms. The monoisotopic (exact) mass is 494 g/mol. The van der Waals surface area contributed by atoms with Crippen LogP contribution < -0.4 is 4.72 Å². The van der Waals surface area contributed by atoms with E-state index in [1.807, 2.05) is 25.3 Å². The van der Waals surface area contributed by atoms with Gasteiger partial charge in [-0.25, -0.2) is 8.42 Å². The van der Waals surface area contributed by atoms with Gasteiger partial charge in [-0.15, -0.1) is 10.2 Å². The lowest BCUT2D eigenvalue weighted by Gasteiger charge is -2.28. The molecule has 4 rings (SSSR count). The second-order valence-corrected chi connectivity index (χ2v) is 11.2. The lowest BCUT2D eigenvalue weighted by atomic mass is 10.1. The molecule has 2 aliphatic heterocycles. The number of rotatable bonds is 9. The minimum atomic E-state index is -3.93. The van der Waals surface area contributed by atoms with Crippen LogP contribution in [0.1, 0.15) is 81.9 Å². The average molecular weight is 495 g/mol. The molecule has 2 fully saturated rings. The second kappa shape index (κ2) is 10.6. The fourth-order valence-electron chi connectivity index (χ4n) is 4.32. The Hall–Kier alpha value is -2.15. The highest BCUT2D eigenvalue weighted by Gasteiger charge is 2.36. The number of nitrogens with zero attached hydrogens (tertiary/aromatic N) is 5. The SMILES string of the molecule is Cc1cnc(C(OC(C)C)C(C)S(=O)(=O)Nc2nnc([C@@H]3CCCO3)n2C2CCOCC2)cn1. The number of aryl methyl sites for hydroxylation is 1. The van der Waals surface area contributed by atoms with Gasteiger partial charge >= 0.3 is 0 Å². The van der Waals surface area contributed by atoms with Gasteiger partial charge in [-0.05, 0) is 53.4 Å². The molecule has 2 unspecified atom stereocenters. The Morgan fingerprint density at radius 2 is 1.85 bits per heavy atom. The van der Waals surface area contributed by atoms with E-state index in [0.717, 1.165) is 31.4 Å². The first-order chi connectivity index (χ1) is 16.3. The zero-order chi connectivity index (χ0) is 24.3. The van der Waals surface area contributed by atoms with Crippen LogP contribution in [0.4, 0.5) is 5.95 Å². The summed E-state index contributed by atoms with van der Waals surface area (Å²) in [6.45, 7) is 9.02. The number of sulfonamides is 1. The van der Waals surface area contributed by atoms with Gasteiger partial charge in [0.1, 0.15) is 17.5 Å². The maximum atomic E-state index is 13.6. The van der Waals surface area contributed by atoms with E-state index in [0.29, 0.717) is 31.3 Å². The zero-order valence-electron chi connectivity index (χ0n) is 20.2. The molecule has 0 aromatic carbocycles. The van der Waals surface area contributed by atoms with Crippen LogP contribution in [0.25, 0.3) is 0 Å². The molecule has 4 heterocycles. The fraction of sp³-hybridized carbons (Fsp3) is 0.727. The van der Waals surface area contributed by atoms with Crippen molar-refractivity contribution in [3.8, 4) is 0 Å². The van der Waals surface area contributed by atoms with Gasteiger partial charge in [0.25, 0.3) is 0 Å². The van der Waals surface area contributed by atoms with E-state index in [9.17, 15) is 8.42 Å². The molecule has 2 aromatic rings. The molecule has 2 saturated heterocycles. The van der Waals surface area contributed by atoms with Crippen LogP contribution in [0.5, 0.6) is 0 Å². The Balaban J connectivity index is 1.64. The van der Waals surface area contributed by atoms with Gasteiger partial charge in [-0.3, -0.25) is 19.3 Å².